The third-order valence-corrected chi connectivity index (χ3v) is 19.4. The average molecular weight is 1270 g/mol. The summed E-state index contributed by atoms with van der Waals surface area (Å²) < 4.78 is 90.7. The molecule has 23 heteroatoms. The largest absolute Gasteiger partial charge is 0.493 e. The summed E-state index contributed by atoms with van der Waals surface area (Å²) in [6, 6.07) is 31.5. The van der Waals surface area contributed by atoms with Crippen LogP contribution in [0, 0.1) is 53.8 Å². The normalized spacial score (nSPS) is 22.2. The van der Waals surface area contributed by atoms with E-state index >= 15 is 0 Å². The van der Waals surface area contributed by atoms with Crippen molar-refractivity contribution in [3.63, 3.8) is 0 Å². The van der Waals surface area contributed by atoms with Gasteiger partial charge in [0, 0.05) is 77.8 Å². The van der Waals surface area contributed by atoms with Gasteiger partial charge in [-0.3, -0.25) is 14.4 Å². The number of hydrogen-bond acceptors (Lipinski definition) is 14. The van der Waals surface area contributed by atoms with Gasteiger partial charge in [0.05, 0.1) is 84.1 Å². The maximum Gasteiger partial charge on any atom is 0.274 e. The topological polar surface area (TPSA) is 180 Å². The molecule has 9 unspecified atom stereocenters. The number of carbonyl (C=O) groups excluding carboxylic acids is 3. The summed E-state index contributed by atoms with van der Waals surface area (Å²) >= 11 is 1.34. The average Bonchev–Trinajstić information content (AvgIpc) is 1.68. The Balaban J connectivity index is 0.000000126. The molecule has 6 bridgehead atoms. The number of hydrogen-bond donors (Lipinski definition) is 0. The SMILES string of the molecule is CCOc1ccc2ccccc2c1C(=O)N1C2CCC1C(COc1ccc(F)cn1)C2.Cc1nc(C(=O)N2C3CCC2C(COc2ccc(F)cn2)C3)c(-c2ccccc2F)s1.O=C(c1cc(F)ccc1-n1nccn1)N1C2CCC1C(COc1ccc(F)cn1)C2. The molecule has 92 heavy (non-hydrogen) atoms. The summed E-state index contributed by atoms with van der Waals surface area (Å²) in [5.41, 5.74) is 2.07. The number of amides is 3. The van der Waals surface area contributed by atoms with Crippen LogP contribution >= 0.6 is 11.3 Å². The summed E-state index contributed by atoms with van der Waals surface area (Å²) in [6.45, 7) is 5.54. The van der Waals surface area contributed by atoms with Crippen molar-refractivity contribution in [2.24, 2.45) is 17.8 Å². The Morgan fingerprint density at radius 3 is 1.57 bits per heavy atom. The zero-order valence-electron chi connectivity index (χ0n) is 50.4. The maximum atomic E-state index is 14.4. The second-order valence-corrected chi connectivity index (χ2v) is 25.1. The third-order valence-electron chi connectivity index (χ3n) is 18.4. The fourth-order valence-corrected chi connectivity index (χ4v) is 15.4. The Labute approximate surface area is 531 Å². The van der Waals surface area contributed by atoms with Crippen LogP contribution in [0.2, 0.25) is 0 Å². The molecule has 6 aliphatic rings. The van der Waals surface area contributed by atoms with Crippen LogP contribution in [-0.4, -0.2) is 130 Å². The molecule has 3 amide bonds. The number of aryl methyl sites for hydroxylation is 1. The first kappa shape index (κ1) is 61.5. The quantitative estimate of drug-likeness (QED) is 0.0835. The molecule has 15 rings (SSSR count). The molecule has 6 saturated heterocycles. The molecule has 6 aliphatic heterocycles. The van der Waals surface area contributed by atoms with Crippen molar-refractivity contribution in [3.05, 3.63) is 197 Å². The lowest BCUT2D eigenvalue weighted by molar-refractivity contribution is 0.0697. The number of pyridine rings is 3. The van der Waals surface area contributed by atoms with E-state index in [-0.39, 0.29) is 88.9 Å². The van der Waals surface area contributed by atoms with E-state index in [1.54, 1.807) is 18.2 Å². The number of thiazole rings is 1. The van der Waals surface area contributed by atoms with Crippen LogP contribution in [0.5, 0.6) is 23.4 Å². The lowest BCUT2D eigenvalue weighted by Gasteiger charge is -2.26. The minimum atomic E-state index is -0.483. The monoisotopic (exact) mass is 1270 g/mol. The summed E-state index contributed by atoms with van der Waals surface area (Å²) in [7, 11) is 0. The molecular weight excluding hydrogens is 1210 g/mol. The lowest BCUT2D eigenvalue weighted by Crippen LogP contribution is -2.38. The summed E-state index contributed by atoms with van der Waals surface area (Å²) in [6.07, 6.45) is 14.6. The number of fused-ring (bicyclic) bond motifs is 7. The van der Waals surface area contributed by atoms with E-state index in [0.717, 1.165) is 92.2 Å². The van der Waals surface area contributed by atoms with Crippen LogP contribution < -0.4 is 18.9 Å². The number of nitrogens with zero attached hydrogens (tertiary/aromatic N) is 10. The van der Waals surface area contributed by atoms with Crippen LogP contribution in [0.15, 0.2) is 146 Å². The van der Waals surface area contributed by atoms with Crippen molar-refractivity contribution in [1.82, 2.24) is 49.6 Å². The molecule has 9 atom stereocenters. The molecule has 5 aromatic heterocycles. The highest BCUT2D eigenvalue weighted by atomic mass is 32.1. The smallest absolute Gasteiger partial charge is 0.274 e. The van der Waals surface area contributed by atoms with Crippen molar-refractivity contribution in [3.8, 4) is 39.5 Å². The number of benzene rings is 4. The number of aromatic nitrogens is 7. The van der Waals surface area contributed by atoms with E-state index < -0.39 is 17.5 Å². The zero-order valence-corrected chi connectivity index (χ0v) is 51.2. The van der Waals surface area contributed by atoms with Gasteiger partial charge in [-0.05, 0) is 131 Å². The summed E-state index contributed by atoms with van der Waals surface area (Å²) in [5, 5.41) is 10.9. The molecule has 17 nitrogen and oxygen atoms in total. The Bertz CT molecular complexity index is 4110. The molecule has 474 valence electrons. The zero-order chi connectivity index (χ0) is 63.6. The van der Waals surface area contributed by atoms with Crippen LogP contribution in [0.4, 0.5) is 22.0 Å². The highest BCUT2D eigenvalue weighted by Crippen LogP contribution is 2.47. The van der Waals surface area contributed by atoms with E-state index in [4.69, 9.17) is 18.9 Å². The van der Waals surface area contributed by atoms with Gasteiger partial charge in [0.2, 0.25) is 17.6 Å². The summed E-state index contributed by atoms with van der Waals surface area (Å²) in [4.78, 5) is 64.8. The van der Waals surface area contributed by atoms with Gasteiger partial charge >= 0.3 is 0 Å². The second kappa shape index (κ2) is 26.8. The van der Waals surface area contributed by atoms with E-state index in [0.29, 0.717) is 77.2 Å². The second-order valence-electron chi connectivity index (χ2n) is 23.9. The van der Waals surface area contributed by atoms with Gasteiger partial charge in [0.1, 0.15) is 40.5 Å². The van der Waals surface area contributed by atoms with E-state index in [2.05, 4.69) is 35.0 Å². The third kappa shape index (κ3) is 12.7. The maximum absolute atomic E-state index is 14.4. The number of rotatable bonds is 16. The van der Waals surface area contributed by atoms with Crippen molar-refractivity contribution in [2.45, 2.75) is 108 Å². The van der Waals surface area contributed by atoms with E-state index in [1.807, 2.05) is 60.0 Å². The molecular formula is C69H65F5N10O7S. The molecule has 0 spiro atoms. The standard InChI is InChI=1S/C25H25FN2O3.C23H21F2N3O2S.C21H19F2N5O2/c1-2-30-22-11-7-16-5-3-4-6-20(16)24(22)25(29)28-19-9-10-21(28)17(13-19)15-31-23-12-8-18(26)14-27-23;1-13-27-21(22(31-13)17-4-2-3-5-18(17)25)23(29)28-16-7-8-19(28)14(10-16)12-30-20-9-6-15(24)11-26-20;22-14-1-4-19(28-25-7-8-26-28)17(10-14)21(29)27-16-3-5-18(27)13(9-16)12-30-20-6-2-15(23)11-24-20/h3-8,11-12,14,17,19,21H,2,9-10,13,15H2,1H3;2-6,9,11,14,16,19H,7-8,10,12H2,1H3;1-2,4,6-8,10-11,13,16,18H,3,5,9,12H2. The van der Waals surface area contributed by atoms with Gasteiger partial charge < -0.3 is 33.6 Å². The van der Waals surface area contributed by atoms with Crippen molar-refractivity contribution < 1.29 is 55.3 Å². The fourth-order valence-electron chi connectivity index (χ4n) is 14.5. The first-order valence-electron chi connectivity index (χ1n) is 31.0. The minimum absolute atomic E-state index is 0.00430. The van der Waals surface area contributed by atoms with Crippen molar-refractivity contribution in [1.29, 1.82) is 0 Å². The van der Waals surface area contributed by atoms with Crippen LogP contribution in [0.1, 0.15) is 101 Å². The van der Waals surface area contributed by atoms with Crippen molar-refractivity contribution in [2.75, 3.05) is 26.4 Å². The van der Waals surface area contributed by atoms with Gasteiger partial charge in [-0.15, -0.1) is 11.3 Å². The van der Waals surface area contributed by atoms with Crippen LogP contribution in [0.3, 0.4) is 0 Å². The highest BCUT2D eigenvalue weighted by molar-refractivity contribution is 7.15. The molecule has 0 aliphatic carbocycles. The van der Waals surface area contributed by atoms with Crippen LogP contribution in [-0.2, 0) is 0 Å². The summed E-state index contributed by atoms with van der Waals surface area (Å²) in [5.74, 6) is -0.0568. The number of ether oxygens (including phenoxy) is 4. The molecule has 4 aromatic carbocycles. The molecule has 0 N–H and O–H groups in total. The first-order chi connectivity index (χ1) is 44.8. The molecule has 11 heterocycles. The van der Waals surface area contributed by atoms with Gasteiger partial charge in [-0.25, -0.2) is 41.9 Å². The van der Waals surface area contributed by atoms with Gasteiger partial charge in [-0.1, -0.05) is 48.5 Å². The fraction of sp³-hybridized carbons (Fsp3) is 0.348. The van der Waals surface area contributed by atoms with Gasteiger partial charge in [-0.2, -0.15) is 15.0 Å². The Morgan fingerprint density at radius 2 is 1.04 bits per heavy atom. The Hall–Kier alpha value is -9.38. The number of carbonyl (C=O) groups is 3. The van der Waals surface area contributed by atoms with Crippen LogP contribution in [0.25, 0.3) is 26.9 Å². The van der Waals surface area contributed by atoms with E-state index in [9.17, 15) is 36.3 Å². The van der Waals surface area contributed by atoms with Gasteiger partial charge in [0.25, 0.3) is 17.7 Å². The van der Waals surface area contributed by atoms with Gasteiger partial charge in [0.15, 0.2) is 0 Å². The lowest BCUT2D eigenvalue weighted by atomic mass is 9.90. The highest BCUT2D eigenvalue weighted by Gasteiger charge is 2.52. The molecule has 0 radical (unpaired) electrons. The first-order valence-corrected chi connectivity index (χ1v) is 31.8. The number of halogens is 5. The minimum Gasteiger partial charge on any atom is -0.493 e. The Kier molecular flexibility index (Phi) is 17.9. The molecule has 0 saturated carbocycles. The molecule has 9 aromatic rings. The predicted octanol–water partition coefficient (Wildman–Crippen LogP) is 12.7. The van der Waals surface area contributed by atoms with E-state index in [1.165, 1.54) is 89.2 Å². The van der Waals surface area contributed by atoms with Crippen molar-refractivity contribution >= 4 is 39.8 Å². The Morgan fingerprint density at radius 1 is 0.543 bits per heavy atom. The predicted molar refractivity (Wildman–Crippen MR) is 331 cm³/mol. The molecule has 6 fully saturated rings.